The normalized spacial score (nSPS) is 11.0. The van der Waals surface area contributed by atoms with Crippen LogP contribution in [0.5, 0.6) is 5.88 Å². The molecule has 0 N–H and O–H groups in total. The van der Waals surface area contributed by atoms with E-state index in [1.165, 1.54) is 0 Å². The molecule has 0 fully saturated rings. The monoisotopic (exact) mass is 355 g/mol. The molecular weight excluding hydrogens is 342 g/mol. The molecule has 4 rings (SSSR count). The predicted octanol–water partition coefficient (Wildman–Crippen LogP) is 4.73. The topological polar surface area (TPSA) is 39.4 Å². The van der Waals surface area contributed by atoms with Crippen LogP contribution in [0.2, 0.25) is 5.02 Å². The summed E-state index contributed by atoms with van der Waals surface area (Å²) in [6.45, 7) is 0.519. The van der Waals surface area contributed by atoms with Crippen LogP contribution in [0.3, 0.4) is 0 Å². The van der Waals surface area contributed by atoms with Gasteiger partial charge in [0, 0.05) is 28.5 Å². The lowest BCUT2D eigenvalue weighted by Gasteiger charge is -2.07. The Morgan fingerprint density at radius 2 is 2.04 bits per heavy atom. The molecule has 0 aliphatic heterocycles. The summed E-state index contributed by atoms with van der Waals surface area (Å²) < 4.78 is 7.61. The molecule has 24 heavy (non-hydrogen) atoms. The maximum Gasteiger partial charge on any atom is 0.231 e. The Morgan fingerprint density at radius 1 is 1.12 bits per heavy atom. The SMILES string of the molecule is Clc1ccccc1CCOc1ccc2ncc(-c3ccsc3)n2n1. The number of fused-ring (bicyclic) bond motifs is 1. The second-order valence-corrected chi connectivity index (χ2v) is 6.47. The van der Waals surface area contributed by atoms with Gasteiger partial charge >= 0.3 is 0 Å². The number of halogens is 1. The zero-order chi connectivity index (χ0) is 16.4. The average Bonchev–Trinajstić information content (AvgIpc) is 3.25. The Bertz CT molecular complexity index is 965. The molecule has 4 nitrogen and oxygen atoms in total. The van der Waals surface area contributed by atoms with E-state index in [9.17, 15) is 0 Å². The molecule has 0 amide bonds. The quantitative estimate of drug-likeness (QED) is 0.519. The average molecular weight is 356 g/mol. The van der Waals surface area contributed by atoms with Gasteiger partial charge in [-0.3, -0.25) is 0 Å². The van der Waals surface area contributed by atoms with Crippen LogP contribution in [0.15, 0.2) is 59.4 Å². The zero-order valence-corrected chi connectivity index (χ0v) is 14.3. The first-order valence-corrected chi connectivity index (χ1v) is 8.87. The standard InChI is InChI=1S/C18H14ClN3OS/c19-15-4-2-1-3-13(15)7-9-23-18-6-5-17-20-11-16(22(17)21-18)14-8-10-24-12-14/h1-6,8,10-12H,7,9H2. The number of rotatable bonds is 5. The van der Waals surface area contributed by atoms with Gasteiger partial charge in [0.2, 0.25) is 5.88 Å². The third-order valence-corrected chi connectivity index (χ3v) is 4.79. The molecule has 0 saturated carbocycles. The second kappa shape index (κ2) is 6.63. The van der Waals surface area contributed by atoms with Gasteiger partial charge in [-0.05, 0) is 29.1 Å². The van der Waals surface area contributed by atoms with Gasteiger partial charge in [0.05, 0.1) is 18.5 Å². The fraction of sp³-hybridized carbons (Fsp3) is 0.111. The van der Waals surface area contributed by atoms with E-state index < -0.39 is 0 Å². The van der Waals surface area contributed by atoms with E-state index in [0.717, 1.165) is 33.9 Å². The smallest absolute Gasteiger partial charge is 0.231 e. The minimum absolute atomic E-state index is 0.519. The summed E-state index contributed by atoms with van der Waals surface area (Å²) in [6, 6.07) is 13.6. The Morgan fingerprint density at radius 3 is 2.88 bits per heavy atom. The van der Waals surface area contributed by atoms with Crippen molar-refractivity contribution in [1.82, 2.24) is 14.6 Å². The molecule has 0 bridgehead atoms. The van der Waals surface area contributed by atoms with Crippen molar-refractivity contribution in [2.24, 2.45) is 0 Å². The lowest BCUT2D eigenvalue weighted by atomic mass is 10.2. The van der Waals surface area contributed by atoms with Crippen molar-refractivity contribution in [2.75, 3.05) is 6.61 Å². The number of aromatic nitrogens is 3. The van der Waals surface area contributed by atoms with Gasteiger partial charge in [0.25, 0.3) is 0 Å². The van der Waals surface area contributed by atoms with E-state index in [1.54, 1.807) is 11.3 Å². The van der Waals surface area contributed by atoms with Gasteiger partial charge in [-0.2, -0.15) is 11.3 Å². The van der Waals surface area contributed by atoms with Crippen LogP contribution in [0, 0.1) is 0 Å². The lowest BCUT2D eigenvalue weighted by molar-refractivity contribution is 0.305. The summed E-state index contributed by atoms with van der Waals surface area (Å²) in [5.41, 5.74) is 3.94. The molecule has 0 radical (unpaired) electrons. The number of ether oxygens (including phenoxy) is 1. The van der Waals surface area contributed by atoms with E-state index in [-0.39, 0.29) is 0 Å². The first-order chi connectivity index (χ1) is 11.8. The Balaban J connectivity index is 1.53. The second-order valence-electron chi connectivity index (χ2n) is 5.29. The van der Waals surface area contributed by atoms with E-state index in [1.807, 2.05) is 52.5 Å². The Kier molecular flexibility index (Phi) is 4.19. The minimum Gasteiger partial charge on any atom is -0.476 e. The summed E-state index contributed by atoms with van der Waals surface area (Å²) in [6.07, 6.45) is 2.57. The van der Waals surface area contributed by atoms with Gasteiger partial charge < -0.3 is 4.74 Å². The largest absolute Gasteiger partial charge is 0.476 e. The van der Waals surface area contributed by atoms with Gasteiger partial charge in [-0.1, -0.05) is 29.8 Å². The number of nitrogens with zero attached hydrogens (tertiary/aromatic N) is 3. The first-order valence-electron chi connectivity index (χ1n) is 7.55. The van der Waals surface area contributed by atoms with Crippen molar-refractivity contribution < 1.29 is 4.74 Å². The van der Waals surface area contributed by atoms with Crippen molar-refractivity contribution in [1.29, 1.82) is 0 Å². The lowest BCUT2D eigenvalue weighted by Crippen LogP contribution is -2.05. The number of benzene rings is 1. The molecule has 4 aromatic rings. The maximum atomic E-state index is 6.16. The number of hydrogen-bond donors (Lipinski definition) is 0. The summed E-state index contributed by atoms with van der Waals surface area (Å²) >= 11 is 7.82. The highest BCUT2D eigenvalue weighted by atomic mass is 35.5. The highest BCUT2D eigenvalue weighted by molar-refractivity contribution is 7.08. The molecule has 6 heteroatoms. The number of hydrogen-bond acceptors (Lipinski definition) is 4. The molecule has 0 unspecified atom stereocenters. The van der Waals surface area contributed by atoms with Crippen molar-refractivity contribution in [3.05, 3.63) is 70.0 Å². The van der Waals surface area contributed by atoms with E-state index in [0.29, 0.717) is 12.5 Å². The van der Waals surface area contributed by atoms with Crippen LogP contribution in [0.4, 0.5) is 0 Å². The minimum atomic E-state index is 0.519. The fourth-order valence-corrected chi connectivity index (χ4v) is 3.39. The summed E-state index contributed by atoms with van der Waals surface area (Å²) in [5.74, 6) is 0.573. The van der Waals surface area contributed by atoms with Crippen LogP contribution in [0.25, 0.3) is 16.9 Å². The Hall–Kier alpha value is -2.37. The van der Waals surface area contributed by atoms with Crippen LogP contribution in [-0.4, -0.2) is 21.2 Å². The molecular formula is C18H14ClN3OS. The first kappa shape index (κ1) is 15.2. The van der Waals surface area contributed by atoms with Crippen LogP contribution in [0.1, 0.15) is 5.56 Å². The van der Waals surface area contributed by atoms with Crippen molar-refractivity contribution >= 4 is 28.6 Å². The van der Waals surface area contributed by atoms with Gasteiger partial charge in [0.1, 0.15) is 0 Å². The molecule has 0 aliphatic rings. The van der Waals surface area contributed by atoms with Gasteiger partial charge in [-0.25, -0.2) is 9.50 Å². The van der Waals surface area contributed by atoms with Crippen molar-refractivity contribution in [3.8, 4) is 17.1 Å². The maximum absolute atomic E-state index is 6.16. The van der Waals surface area contributed by atoms with Crippen LogP contribution < -0.4 is 4.74 Å². The molecule has 120 valence electrons. The third-order valence-electron chi connectivity index (χ3n) is 3.73. The van der Waals surface area contributed by atoms with Crippen LogP contribution >= 0.6 is 22.9 Å². The highest BCUT2D eigenvalue weighted by Crippen LogP contribution is 2.23. The molecule has 3 heterocycles. The van der Waals surface area contributed by atoms with E-state index >= 15 is 0 Å². The molecule has 0 aliphatic carbocycles. The van der Waals surface area contributed by atoms with Crippen molar-refractivity contribution in [3.63, 3.8) is 0 Å². The Labute approximate surface area is 148 Å². The highest BCUT2D eigenvalue weighted by Gasteiger charge is 2.09. The van der Waals surface area contributed by atoms with Crippen molar-refractivity contribution in [2.45, 2.75) is 6.42 Å². The van der Waals surface area contributed by atoms with E-state index in [2.05, 4.69) is 21.5 Å². The predicted molar refractivity (Wildman–Crippen MR) is 97.0 cm³/mol. The molecule has 3 aromatic heterocycles. The number of imidazole rings is 1. The summed E-state index contributed by atoms with van der Waals surface area (Å²) in [4.78, 5) is 4.39. The summed E-state index contributed by atoms with van der Waals surface area (Å²) in [5, 5.41) is 9.43. The zero-order valence-electron chi connectivity index (χ0n) is 12.7. The molecule has 0 atom stereocenters. The molecule has 1 aromatic carbocycles. The third kappa shape index (κ3) is 3.00. The van der Waals surface area contributed by atoms with E-state index in [4.69, 9.17) is 16.3 Å². The fourth-order valence-electron chi connectivity index (χ4n) is 2.51. The summed E-state index contributed by atoms with van der Waals surface area (Å²) in [7, 11) is 0. The number of thiophene rings is 1. The molecule has 0 spiro atoms. The molecule has 0 saturated heterocycles. The van der Waals surface area contributed by atoms with Gasteiger partial charge in [0.15, 0.2) is 5.65 Å². The van der Waals surface area contributed by atoms with Crippen LogP contribution in [-0.2, 0) is 6.42 Å². The van der Waals surface area contributed by atoms with Gasteiger partial charge in [-0.15, -0.1) is 5.10 Å².